The molecule has 0 amide bonds. The van der Waals surface area contributed by atoms with Gasteiger partial charge in [-0.3, -0.25) is 14.8 Å². The van der Waals surface area contributed by atoms with E-state index in [0.29, 0.717) is 5.69 Å². The molecule has 7 nitrogen and oxygen atoms in total. The lowest BCUT2D eigenvalue weighted by atomic mass is 10.2. The van der Waals surface area contributed by atoms with Gasteiger partial charge in [0.25, 0.3) is 0 Å². The smallest absolute Gasteiger partial charge is 0.312 e. The highest BCUT2D eigenvalue weighted by Crippen LogP contribution is 2.28. The van der Waals surface area contributed by atoms with E-state index in [1.807, 2.05) is 6.07 Å². The van der Waals surface area contributed by atoms with Gasteiger partial charge in [-0.2, -0.15) is 10.4 Å². The molecule has 0 saturated heterocycles. The minimum absolute atomic E-state index is 0.120. The minimum Gasteiger partial charge on any atom is -0.480 e. The second-order valence-electron chi connectivity index (χ2n) is 3.82. The zero-order valence-corrected chi connectivity index (χ0v) is 10.1. The number of rotatable bonds is 4. The van der Waals surface area contributed by atoms with Crippen LogP contribution in [0.3, 0.4) is 0 Å². The SMILES string of the molecule is Cn1ccc(COc2ccc(C#N)cc2[N+](=O)[O-])n1. The molecule has 1 heterocycles. The summed E-state index contributed by atoms with van der Waals surface area (Å²) in [4.78, 5) is 10.3. The van der Waals surface area contributed by atoms with Crippen LogP contribution in [0.25, 0.3) is 0 Å². The molecular weight excluding hydrogens is 248 g/mol. The minimum atomic E-state index is -0.575. The number of hydrogen-bond donors (Lipinski definition) is 0. The van der Waals surface area contributed by atoms with E-state index in [0.717, 1.165) is 0 Å². The van der Waals surface area contributed by atoms with E-state index in [-0.39, 0.29) is 23.6 Å². The van der Waals surface area contributed by atoms with Gasteiger partial charge in [0.05, 0.1) is 22.2 Å². The first-order valence-corrected chi connectivity index (χ1v) is 5.40. The van der Waals surface area contributed by atoms with Gasteiger partial charge in [0.15, 0.2) is 5.75 Å². The third-order valence-electron chi connectivity index (χ3n) is 2.43. The van der Waals surface area contributed by atoms with Gasteiger partial charge in [-0.25, -0.2) is 0 Å². The molecule has 19 heavy (non-hydrogen) atoms. The van der Waals surface area contributed by atoms with Gasteiger partial charge in [-0.15, -0.1) is 0 Å². The van der Waals surface area contributed by atoms with Gasteiger partial charge >= 0.3 is 5.69 Å². The Bertz CT molecular complexity index is 657. The van der Waals surface area contributed by atoms with Gasteiger partial charge in [-0.05, 0) is 18.2 Å². The molecule has 2 aromatic rings. The van der Waals surface area contributed by atoms with Crippen LogP contribution in [0.4, 0.5) is 5.69 Å². The lowest BCUT2D eigenvalue weighted by Crippen LogP contribution is -2.01. The highest BCUT2D eigenvalue weighted by molar-refractivity contribution is 5.51. The zero-order chi connectivity index (χ0) is 13.8. The molecule has 1 aromatic heterocycles. The molecule has 1 aromatic carbocycles. The molecule has 0 aliphatic rings. The number of aromatic nitrogens is 2. The maximum Gasteiger partial charge on any atom is 0.312 e. The van der Waals surface area contributed by atoms with Crippen molar-refractivity contribution in [3.05, 3.63) is 51.8 Å². The van der Waals surface area contributed by atoms with Crippen molar-refractivity contribution in [2.45, 2.75) is 6.61 Å². The molecule has 96 valence electrons. The predicted molar refractivity (Wildman–Crippen MR) is 65.4 cm³/mol. The normalized spacial score (nSPS) is 9.89. The lowest BCUT2D eigenvalue weighted by Gasteiger charge is -2.05. The number of aryl methyl sites for hydroxylation is 1. The van der Waals surface area contributed by atoms with Crippen molar-refractivity contribution in [1.29, 1.82) is 5.26 Å². The summed E-state index contributed by atoms with van der Waals surface area (Å²) in [6, 6.07) is 7.69. The summed E-state index contributed by atoms with van der Waals surface area (Å²) in [6.45, 7) is 0.133. The highest BCUT2D eigenvalue weighted by atomic mass is 16.6. The largest absolute Gasteiger partial charge is 0.480 e. The summed E-state index contributed by atoms with van der Waals surface area (Å²) in [6.07, 6.45) is 1.76. The van der Waals surface area contributed by atoms with Crippen LogP contribution in [0.5, 0.6) is 5.75 Å². The molecule has 0 N–H and O–H groups in total. The highest BCUT2D eigenvalue weighted by Gasteiger charge is 2.16. The van der Waals surface area contributed by atoms with Crippen molar-refractivity contribution in [3.8, 4) is 11.8 Å². The summed E-state index contributed by atoms with van der Waals surface area (Å²) in [5.41, 5.74) is 0.660. The fourth-order valence-corrected chi connectivity index (χ4v) is 1.54. The fraction of sp³-hybridized carbons (Fsp3) is 0.167. The molecule has 0 saturated carbocycles. The number of nitrogens with zero attached hydrogens (tertiary/aromatic N) is 4. The fourth-order valence-electron chi connectivity index (χ4n) is 1.54. The topological polar surface area (TPSA) is 94.0 Å². The van der Waals surface area contributed by atoms with Gasteiger partial charge < -0.3 is 4.74 Å². The van der Waals surface area contributed by atoms with Gasteiger partial charge in [0, 0.05) is 19.3 Å². The standard InChI is InChI=1S/C12H10N4O3/c1-15-5-4-10(14-15)8-19-12-3-2-9(7-13)6-11(12)16(17)18/h2-6H,8H2,1H3. The van der Waals surface area contributed by atoms with Crippen LogP contribution in [0.15, 0.2) is 30.5 Å². The number of nitro benzene ring substituents is 1. The van der Waals surface area contributed by atoms with E-state index < -0.39 is 4.92 Å². The van der Waals surface area contributed by atoms with E-state index in [2.05, 4.69) is 5.10 Å². The van der Waals surface area contributed by atoms with E-state index in [9.17, 15) is 10.1 Å². The van der Waals surface area contributed by atoms with Gasteiger partial charge in [0.2, 0.25) is 0 Å². The molecular formula is C12H10N4O3. The summed E-state index contributed by atoms with van der Waals surface area (Å²) >= 11 is 0. The quantitative estimate of drug-likeness (QED) is 0.615. The first-order valence-electron chi connectivity index (χ1n) is 5.40. The van der Waals surface area contributed by atoms with Crippen molar-refractivity contribution in [2.75, 3.05) is 0 Å². The summed E-state index contributed by atoms with van der Waals surface area (Å²) in [5.74, 6) is 0.120. The van der Waals surface area contributed by atoms with E-state index in [1.165, 1.54) is 18.2 Å². The van der Waals surface area contributed by atoms with Crippen LogP contribution in [0, 0.1) is 21.4 Å². The van der Waals surface area contributed by atoms with Crippen LogP contribution in [0.1, 0.15) is 11.3 Å². The molecule has 0 aliphatic heterocycles. The van der Waals surface area contributed by atoms with Crippen molar-refractivity contribution < 1.29 is 9.66 Å². The molecule has 0 fully saturated rings. The van der Waals surface area contributed by atoms with Crippen LogP contribution in [-0.2, 0) is 13.7 Å². The lowest BCUT2D eigenvalue weighted by molar-refractivity contribution is -0.386. The molecule has 0 atom stereocenters. The van der Waals surface area contributed by atoms with E-state index in [1.54, 1.807) is 24.0 Å². The average molecular weight is 258 g/mol. The van der Waals surface area contributed by atoms with Crippen LogP contribution in [0.2, 0.25) is 0 Å². The Balaban J connectivity index is 2.20. The summed E-state index contributed by atoms with van der Waals surface area (Å²) in [5, 5.41) is 23.7. The average Bonchev–Trinajstić information content (AvgIpc) is 2.82. The number of nitro groups is 1. The molecule has 7 heteroatoms. The molecule has 0 spiro atoms. The van der Waals surface area contributed by atoms with Gasteiger partial charge in [-0.1, -0.05) is 0 Å². The van der Waals surface area contributed by atoms with Crippen molar-refractivity contribution >= 4 is 5.69 Å². The van der Waals surface area contributed by atoms with Crippen LogP contribution < -0.4 is 4.74 Å². The third kappa shape index (κ3) is 2.87. The van der Waals surface area contributed by atoms with Crippen LogP contribution >= 0.6 is 0 Å². The molecule has 0 radical (unpaired) electrons. The maximum absolute atomic E-state index is 10.9. The second-order valence-corrected chi connectivity index (χ2v) is 3.82. The molecule has 0 bridgehead atoms. The van der Waals surface area contributed by atoms with Gasteiger partial charge in [0.1, 0.15) is 6.61 Å². The monoisotopic (exact) mass is 258 g/mol. The summed E-state index contributed by atoms with van der Waals surface area (Å²) < 4.78 is 6.99. The Labute approximate surface area is 108 Å². The number of hydrogen-bond acceptors (Lipinski definition) is 5. The first-order chi connectivity index (χ1) is 9.10. The molecule has 2 rings (SSSR count). The Kier molecular flexibility index (Phi) is 3.43. The number of ether oxygens (including phenoxy) is 1. The first kappa shape index (κ1) is 12.6. The van der Waals surface area contributed by atoms with E-state index >= 15 is 0 Å². The zero-order valence-electron chi connectivity index (χ0n) is 10.1. The van der Waals surface area contributed by atoms with Crippen molar-refractivity contribution in [3.63, 3.8) is 0 Å². The Hall–Kier alpha value is -2.88. The Morgan fingerprint density at radius 1 is 1.53 bits per heavy atom. The predicted octanol–water partition coefficient (Wildman–Crippen LogP) is 1.78. The molecule has 0 aliphatic carbocycles. The number of nitriles is 1. The Morgan fingerprint density at radius 3 is 2.89 bits per heavy atom. The number of benzene rings is 1. The van der Waals surface area contributed by atoms with E-state index in [4.69, 9.17) is 10.00 Å². The van der Waals surface area contributed by atoms with Crippen molar-refractivity contribution in [2.24, 2.45) is 7.05 Å². The Morgan fingerprint density at radius 2 is 2.32 bits per heavy atom. The van der Waals surface area contributed by atoms with Crippen molar-refractivity contribution in [1.82, 2.24) is 9.78 Å². The van der Waals surface area contributed by atoms with Crippen LogP contribution in [-0.4, -0.2) is 14.7 Å². The second kappa shape index (κ2) is 5.18. The third-order valence-corrected chi connectivity index (χ3v) is 2.43. The summed E-state index contributed by atoms with van der Waals surface area (Å²) in [7, 11) is 1.77. The molecule has 0 unspecified atom stereocenters. The maximum atomic E-state index is 10.9.